The zero-order valence-electron chi connectivity index (χ0n) is 13.8. The summed E-state index contributed by atoms with van der Waals surface area (Å²) in [6, 6.07) is 8.72. The molecule has 0 N–H and O–H groups in total. The smallest absolute Gasteiger partial charge is 0.0482 e. The van der Waals surface area contributed by atoms with Crippen LogP contribution in [-0.2, 0) is 12.5 Å². The molecule has 0 saturated heterocycles. The summed E-state index contributed by atoms with van der Waals surface area (Å²) < 4.78 is 2.31. The molecular weight excluding hydrogens is 230 g/mol. The molecule has 2 aromatic rings. The third-order valence-electron chi connectivity index (χ3n) is 4.49. The maximum atomic E-state index is 2.35. The summed E-state index contributed by atoms with van der Waals surface area (Å²) in [7, 11) is 2.16. The minimum Gasteiger partial charge on any atom is -0.348 e. The Balaban J connectivity index is 0.000000861. The van der Waals surface area contributed by atoms with Crippen LogP contribution in [0, 0.1) is 12.8 Å². The normalized spacial score (nSPS) is 11.6. The Morgan fingerprint density at radius 3 is 2.11 bits per heavy atom. The van der Waals surface area contributed by atoms with Crippen molar-refractivity contribution in [1.29, 1.82) is 0 Å². The molecule has 0 aliphatic rings. The van der Waals surface area contributed by atoms with Crippen LogP contribution in [0.1, 0.15) is 52.8 Å². The summed E-state index contributed by atoms with van der Waals surface area (Å²) >= 11 is 0. The van der Waals surface area contributed by atoms with E-state index >= 15 is 0 Å². The van der Waals surface area contributed by atoms with Crippen molar-refractivity contribution in [3.05, 3.63) is 35.5 Å². The van der Waals surface area contributed by atoms with Crippen molar-refractivity contribution in [2.45, 2.75) is 53.9 Å². The highest BCUT2D eigenvalue weighted by molar-refractivity contribution is 5.86. The summed E-state index contributed by atoms with van der Waals surface area (Å²) in [5.41, 5.74) is 4.45. The van der Waals surface area contributed by atoms with E-state index in [1.54, 1.807) is 0 Å². The molecule has 1 heterocycles. The molecular formula is C18H29N. The topological polar surface area (TPSA) is 4.93 Å². The van der Waals surface area contributed by atoms with Crippen molar-refractivity contribution in [2.24, 2.45) is 13.0 Å². The van der Waals surface area contributed by atoms with Crippen LogP contribution in [0.2, 0.25) is 0 Å². The van der Waals surface area contributed by atoms with E-state index < -0.39 is 0 Å². The average Bonchev–Trinajstić information content (AvgIpc) is 2.65. The fraction of sp³-hybridized carbons (Fsp3) is 0.556. The van der Waals surface area contributed by atoms with Gasteiger partial charge in [0.1, 0.15) is 0 Å². The zero-order valence-corrected chi connectivity index (χ0v) is 13.8. The lowest BCUT2D eigenvalue weighted by atomic mass is 9.74. The van der Waals surface area contributed by atoms with Gasteiger partial charge in [0.25, 0.3) is 0 Å². The van der Waals surface area contributed by atoms with Crippen molar-refractivity contribution in [3.63, 3.8) is 0 Å². The van der Waals surface area contributed by atoms with E-state index in [0.717, 1.165) is 0 Å². The molecule has 1 heteroatoms. The van der Waals surface area contributed by atoms with Crippen LogP contribution in [0.4, 0.5) is 0 Å². The van der Waals surface area contributed by atoms with Crippen molar-refractivity contribution in [3.8, 4) is 0 Å². The third kappa shape index (κ3) is 2.56. The van der Waals surface area contributed by atoms with Crippen LogP contribution < -0.4 is 0 Å². The Kier molecular flexibility index (Phi) is 4.84. The van der Waals surface area contributed by atoms with Crippen molar-refractivity contribution < 1.29 is 0 Å². The summed E-state index contributed by atoms with van der Waals surface area (Å²) in [4.78, 5) is 0. The molecule has 1 aromatic heterocycles. The molecule has 0 radical (unpaired) electrons. The maximum Gasteiger partial charge on any atom is 0.0482 e. The van der Waals surface area contributed by atoms with E-state index in [9.17, 15) is 0 Å². The number of benzene rings is 1. The van der Waals surface area contributed by atoms with Crippen LogP contribution in [0.15, 0.2) is 24.3 Å². The Hall–Kier alpha value is -1.24. The van der Waals surface area contributed by atoms with Crippen LogP contribution in [0.25, 0.3) is 10.9 Å². The van der Waals surface area contributed by atoms with Gasteiger partial charge in [0, 0.05) is 23.6 Å². The lowest BCUT2D eigenvalue weighted by Gasteiger charge is -2.30. The molecule has 0 aliphatic carbocycles. The fourth-order valence-electron chi connectivity index (χ4n) is 2.62. The minimum atomic E-state index is 0.213. The molecule has 0 amide bonds. The van der Waals surface area contributed by atoms with E-state index in [4.69, 9.17) is 0 Å². The highest BCUT2D eigenvalue weighted by Crippen LogP contribution is 2.39. The summed E-state index contributed by atoms with van der Waals surface area (Å²) in [6.45, 7) is 15.6. The van der Waals surface area contributed by atoms with Crippen molar-refractivity contribution >= 4 is 10.9 Å². The predicted molar refractivity (Wildman–Crippen MR) is 86.9 cm³/mol. The number of nitrogens with zero attached hydrogens (tertiary/aromatic N) is 1. The number of hydrogen-bond acceptors (Lipinski definition) is 0. The second-order valence-corrected chi connectivity index (χ2v) is 5.91. The van der Waals surface area contributed by atoms with Gasteiger partial charge in [-0.2, -0.15) is 0 Å². The number of rotatable bonds is 2. The molecule has 19 heavy (non-hydrogen) atoms. The van der Waals surface area contributed by atoms with Crippen LogP contribution in [0.3, 0.4) is 0 Å². The molecule has 1 nitrogen and oxygen atoms in total. The lowest BCUT2D eigenvalue weighted by molar-refractivity contribution is 0.372. The van der Waals surface area contributed by atoms with Gasteiger partial charge in [-0.05, 0) is 29.9 Å². The van der Waals surface area contributed by atoms with Crippen LogP contribution in [0.5, 0.6) is 0 Å². The van der Waals surface area contributed by atoms with Crippen LogP contribution >= 0.6 is 0 Å². The van der Waals surface area contributed by atoms with Gasteiger partial charge in [0.2, 0.25) is 0 Å². The standard InChI is InChI=1S/C16H23N.C2H6/c1-11(2)16(4,5)15-12(3)17(6)14-10-8-7-9-13(14)15;1-2/h7-11H,1-6H3;1-2H3. The zero-order chi connectivity index (χ0) is 14.8. The molecule has 0 fully saturated rings. The van der Waals surface area contributed by atoms with Gasteiger partial charge in [-0.3, -0.25) is 0 Å². The van der Waals surface area contributed by atoms with Gasteiger partial charge in [-0.25, -0.2) is 0 Å². The number of aromatic nitrogens is 1. The van der Waals surface area contributed by atoms with Gasteiger partial charge in [-0.1, -0.05) is 59.7 Å². The summed E-state index contributed by atoms with van der Waals surface area (Å²) in [5, 5.41) is 1.41. The molecule has 0 bridgehead atoms. The molecule has 106 valence electrons. The second kappa shape index (κ2) is 5.81. The van der Waals surface area contributed by atoms with Crippen LogP contribution in [-0.4, -0.2) is 4.57 Å². The summed E-state index contributed by atoms with van der Waals surface area (Å²) in [6.07, 6.45) is 0. The third-order valence-corrected chi connectivity index (χ3v) is 4.49. The molecule has 1 aromatic carbocycles. The van der Waals surface area contributed by atoms with E-state index in [1.807, 2.05) is 13.8 Å². The molecule has 0 spiro atoms. The first-order valence-corrected chi connectivity index (χ1v) is 7.42. The van der Waals surface area contributed by atoms with E-state index in [1.165, 1.54) is 22.2 Å². The Morgan fingerprint density at radius 1 is 1.05 bits per heavy atom. The number of para-hydroxylation sites is 1. The number of fused-ring (bicyclic) bond motifs is 1. The summed E-state index contributed by atoms with van der Waals surface area (Å²) in [5.74, 6) is 0.631. The Bertz CT molecular complexity index is 544. The number of hydrogen-bond donors (Lipinski definition) is 0. The highest BCUT2D eigenvalue weighted by Gasteiger charge is 2.30. The SMILES string of the molecule is CC.Cc1c(C(C)(C)C(C)C)c2ccccc2n1C. The Morgan fingerprint density at radius 2 is 1.58 bits per heavy atom. The first-order chi connectivity index (χ1) is 8.87. The fourth-order valence-corrected chi connectivity index (χ4v) is 2.62. The molecule has 0 aliphatic heterocycles. The monoisotopic (exact) mass is 259 g/mol. The molecule has 0 saturated carbocycles. The first-order valence-electron chi connectivity index (χ1n) is 7.42. The van der Waals surface area contributed by atoms with Gasteiger partial charge in [-0.15, -0.1) is 0 Å². The quantitative estimate of drug-likeness (QED) is 0.676. The molecule has 0 unspecified atom stereocenters. The minimum absolute atomic E-state index is 0.213. The highest BCUT2D eigenvalue weighted by atomic mass is 14.9. The molecule has 0 atom stereocenters. The van der Waals surface area contributed by atoms with E-state index in [2.05, 4.69) is 70.5 Å². The average molecular weight is 259 g/mol. The maximum absolute atomic E-state index is 2.35. The van der Waals surface area contributed by atoms with E-state index in [0.29, 0.717) is 5.92 Å². The van der Waals surface area contributed by atoms with Gasteiger partial charge in [0.15, 0.2) is 0 Å². The van der Waals surface area contributed by atoms with Gasteiger partial charge < -0.3 is 4.57 Å². The van der Waals surface area contributed by atoms with Gasteiger partial charge >= 0.3 is 0 Å². The first kappa shape index (κ1) is 15.8. The van der Waals surface area contributed by atoms with Gasteiger partial charge in [0.05, 0.1) is 0 Å². The molecule has 2 rings (SSSR count). The lowest BCUT2D eigenvalue weighted by Crippen LogP contribution is -2.25. The second-order valence-electron chi connectivity index (χ2n) is 5.91. The van der Waals surface area contributed by atoms with E-state index in [-0.39, 0.29) is 5.41 Å². The number of aryl methyl sites for hydroxylation is 1. The predicted octanol–water partition coefficient (Wildman–Crippen LogP) is 5.45. The van der Waals surface area contributed by atoms with Crippen molar-refractivity contribution in [2.75, 3.05) is 0 Å². The largest absolute Gasteiger partial charge is 0.348 e. The Labute approximate surface area is 118 Å². The van der Waals surface area contributed by atoms with Crippen molar-refractivity contribution in [1.82, 2.24) is 4.57 Å².